The van der Waals surface area contributed by atoms with Gasteiger partial charge in [-0.25, -0.2) is 4.79 Å². The monoisotopic (exact) mass is 264 g/mol. The fraction of sp³-hybridized carbons (Fsp3) is 0.562. The number of carbonyl (C=O) groups is 1. The van der Waals surface area contributed by atoms with Crippen molar-refractivity contribution in [2.75, 3.05) is 6.61 Å². The fourth-order valence-electron chi connectivity index (χ4n) is 1.71. The van der Waals surface area contributed by atoms with Crippen molar-refractivity contribution in [1.29, 1.82) is 0 Å². The van der Waals surface area contributed by atoms with Gasteiger partial charge in [0.1, 0.15) is 5.75 Å². The average molecular weight is 264 g/mol. The maximum atomic E-state index is 11.9. The molecular weight excluding hydrogens is 240 g/mol. The molecule has 3 nitrogen and oxygen atoms in total. The maximum Gasteiger partial charge on any atom is 0.349 e. The Morgan fingerprint density at radius 2 is 1.95 bits per heavy atom. The molecule has 0 saturated heterocycles. The summed E-state index contributed by atoms with van der Waals surface area (Å²) in [6.07, 6.45) is 0. The van der Waals surface area contributed by atoms with E-state index in [9.17, 15) is 4.79 Å². The number of esters is 1. The quantitative estimate of drug-likeness (QED) is 0.758. The van der Waals surface area contributed by atoms with Crippen LogP contribution in [-0.2, 0) is 9.53 Å². The second-order valence-electron chi connectivity index (χ2n) is 5.51. The van der Waals surface area contributed by atoms with E-state index in [1.807, 2.05) is 19.1 Å². The van der Waals surface area contributed by atoms with Crippen molar-refractivity contribution in [2.45, 2.75) is 53.1 Å². The molecular formula is C16H24O3. The molecule has 19 heavy (non-hydrogen) atoms. The molecule has 0 aliphatic rings. The van der Waals surface area contributed by atoms with Crippen molar-refractivity contribution in [1.82, 2.24) is 0 Å². The van der Waals surface area contributed by atoms with Gasteiger partial charge in [0.05, 0.1) is 6.61 Å². The van der Waals surface area contributed by atoms with E-state index < -0.39 is 5.60 Å². The first-order chi connectivity index (χ1) is 8.77. The highest BCUT2D eigenvalue weighted by Gasteiger charge is 2.32. The third-order valence-electron chi connectivity index (χ3n) is 3.01. The Balaban J connectivity index is 2.98. The third kappa shape index (κ3) is 3.98. The van der Waals surface area contributed by atoms with Crippen molar-refractivity contribution >= 4 is 5.97 Å². The van der Waals surface area contributed by atoms with Crippen molar-refractivity contribution in [3.63, 3.8) is 0 Å². The summed E-state index contributed by atoms with van der Waals surface area (Å²) >= 11 is 0. The molecule has 1 aromatic rings. The molecule has 0 spiro atoms. The molecule has 3 heteroatoms. The first kappa shape index (κ1) is 15.5. The first-order valence-corrected chi connectivity index (χ1v) is 6.74. The summed E-state index contributed by atoms with van der Waals surface area (Å²) < 4.78 is 10.9. The minimum atomic E-state index is -0.976. The summed E-state index contributed by atoms with van der Waals surface area (Å²) in [5.74, 6) is 0.822. The third-order valence-corrected chi connectivity index (χ3v) is 3.01. The Bertz CT molecular complexity index is 447. The lowest BCUT2D eigenvalue weighted by Crippen LogP contribution is -2.39. The lowest BCUT2D eigenvalue weighted by Gasteiger charge is -2.25. The molecule has 0 amide bonds. The average Bonchev–Trinajstić information content (AvgIpc) is 2.31. The summed E-state index contributed by atoms with van der Waals surface area (Å²) in [6.45, 7) is 11.8. The van der Waals surface area contributed by atoms with Crippen LogP contribution in [0.15, 0.2) is 18.2 Å². The van der Waals surface area contributed by atoms with E-state index in [-0.39, 0.29) is 5.97 Å². The molecule has 0 heterocycles. The van der Waals surface area contributed by atoms with Gasteiger partial charge < -0.3 is 9.47 Å². The summed E-state index contributed by atoms with van der Waals surface area (Å²) in [5, 5.41) is 0. The standard InChI is InChI=1S/C16H24O3/c1-7-18-15(17)16(5,6)19-14-10-13(11(2)3)9-8-12(14)4/h8-11H,7H2,1-6H3. The van der Waals surface area contributed by atoms with Gasteiger partial charge in [0.2, 0.25) is 0 Å². The molecule has 0 unspecified atom stereocenters. The Hall–Kier alpha value is -1.51. The molecule has 0 radical (unpaired) electrons. The fourth-order valence-corrected chi connectivity index (χ4v) is 1.71. The van der Waals surface area contributed by atoms with Gasteiger partial charge in [0.25, 0.3) is 0 Å². The lowest BCUT2D eigenvalue weighted by atomic mass is 10.0. The van der Waals surface area contributed by atoms with Crippen LogP contribution < -0.4 is 4.74 Å². The van der Waals surface area contributed by atoms with Gasteiger partial charge >= 0.3 is 5.97 Å². The first-order valence-electron chi connectivity index (χ1n) is 6.74. The topological polar surface area (TPSA) is 35.5 Å². The van der Waals surface area contributed by atoms with Gasteiger partial charge in [0.15, 0.2) is 5.60 Å². The molecule has 0 aromatic heterocycles. The minimum absolute atomic E-state index is 0.343. The van der Waals surface area contributed by atoms with E-state index in [1.165, 1.54) is 5.56 Å². The SMILES string of the molecule is CCOC(=O)C(C)(C)Oc1cc(C(C)C)ccc1C. The summed E-state index contributed by atoms with van der Waals surface area (Å²) in [5.41, 5.74) is 1.23. The van der Waals surface area contributed by atoms with Crippen LogP contribution in [0.3, 0.4) is 0 Å². The van der Waals surface area contributed by atoms with Crippen LogP contribution in [0.5, 0.6) is 5.75 Å². The number of hydrogen-bond donors (Lipinski definition) is 0. The second kappa shape index (κ2) is 6.09. The Kier molecular flexibility index (Phi) is 4.98. The van der Waals surface area contributed by atoms with Crippen molar-refractivity contribution in [3.8, 4) is 5.75 Å². The highest BCUT2D eigenvalue weighted by Crippen LogP contribution is 2.27. The minimum Gasteiger partial charge on any atom is -0.476 e. The second-order valence-corrected chi connectivity index (χ2v) is 5.51. The van der Waals surface area contributed by atoms with Crippen LogP contribution in [0, 0.1) is 6.92 Å². The molecule has 0 bridgehead atoms. The van der Waals surface area contributed by atoms with E-state index >= 15 is 0 Å². The number of aryl methyl sites for hydroxylation is 1. The molecule has 0 saturated carbocycles. The van der Waals surface area contributed by atoms with Gasteiger partial charge in [-0.05, 0) is 50.8 Å². The number of benzene rings is 1. The highest BCUT2D eigenvalue weighted by atomic mass is 16.6. The molecule has 0 atom stereocenters. The maximum absolute atomic E-state index is 11.9. The number of carbonyl (C=O) groups excluding carboxylic acids is 1. The van der Waals surface area contributed by atoms with Crippen molar-refractivity contribution in [2.24, 2.45) is 0 Å². The van der Waals surface area contributed by atoms with E-state index in [1.54, 1.807) is 20.8 Å². The zero-order valence-electron chi connectivity index (χ0n) is 12.7. The van der Waals surface area contributed by atoms with Gasteiger partial charge in [-0.3, -0.25) is 0 Å². The van der Waals surface area contributed by atoms with Gasteiger partial charge in [-0.2, -0.15) is 0 Å². The molecule has 1 rings (SSSR count). The lowest BCUT2D eigenvalue weighted by molar-refractivity contribution is -0.158. The summed E-state index contributed by atoms with van der Waals surface area (Å²) in [6, 6.07) is 6.11. The molecule has 106 valence electrons. The van der Waals surface area contributed by atoms with Crippen molar-refractivity contribution in [3.05, 3.63) is 29.3 Å². The van der Waals surface area contributed by atoms with Gasteiger partial charge in [0, 0.05) is 0 Å². The zero-order valence-corrected chi connectivity index (χ0v) is 12.7. The number of rotatable bonds is 5. The van der Waals surface area contributed by atoms with E-state index in [0.717, 1.165) is 11.3 Å². The van der Waals surface area contributed by atoms with Crippen LogP contribution in [0.4, 0.5) is 0 Å². The van der Waals surface area contributed by atoms with E-state index in [0.29, 0.717) is 12.5 Å². The van der Waals surface area contributed by atoms with E-state index in [4.69, 9.17) is 9.47 Å². The summed E-state index contributed by atoms with van der Waals surface area (Å²) in [7, 11) is 0. The van der Waals surface area contributed by atoms with Crippen molar-refractivity contribution < 1.29 is 14.3 Å². The molecule has 0 fully saturated rings. The van der Waals surface area contributed by atoms with Crippen LogP contribution in [-0.4, -0.2) is 18.2 Å². The van der Waals surface area contributed by atoms with Crippen LogP contribution >= 0.6 is 0 Å². The molecule has 0 N–H and O–H groups in total. The molecule has 1 aromatic carbocycles. The predicted octanol–water partition coefficient (Wildman–Crippen LogP) is 3.84. The van der Waals surface area contributed by atoms with Gasteiger partial charge in [-0.1, -0.05) is 26.0 Å². The Morgan fingerprint density at radius 3 is 2.47 bits per heavy atom. The highest BCUT2D eigenvalue weighted by molar-refractivity contribution is 5.79. The Morgan fingerprint density at radius 1 is 1.32 bits per heavy atom. The normalized spacial score (nSPS) is 11.5. The molecule has 0 aliphatic carbocycles. The summed E-state index contributed by atoms with van der Waals surface area (Å²) in [4.78, 5) is 11.9. The number of hydrogen-bond acceptors (Lipinski definition) is 3. The Labute approximate surface area is 115 Å². The van der Waals surface area contributed by atoms with Crippen LogP contribution in [0.2, 0.25) is 0 Å². The van der Waals surface area contributed by atoms with Gasteiger partial charge in [-0.15, -0.1) is 0 Å². The largest absolute Gasteiger partial charge is 0.476 e. The van der Waals surface area contributed by atoms with E-state index in [2.05, 4.69) is 19.9 Å². The zero-order chi connectivity index (χ0) is 14.6. The predicted molar refractivity (Wildman–Crippen MR) is 76.6 cm³/mol. The van der Waals surface area contributed by atoms with Crippen LogP contribution in [0.1, 0.15) is 51.7 Å². The van der Waals surface area contributed by atoms with Crippen LogP contribution in [0.25, 0.3) is 0 Å². The number of ether oxygens (including phenoxy) is 2. The smallest absolute Gasteiger partial charge is 0.349 e. The molecule has 0 aliphatic heterocycles.